The van der Waals surface area contributed by atoms with Gasteiger partial charge in [0.1, 0.15) is 0 Å². The normalized spacial score (nSPS) is 11.0. The first kappa shape index (κ1) is 12.2. The molecule has 0 radical (unpaired) electrons. The largest absolute Gasteiger partial charge is 0.339 e. The first-order chi connectivity index (χ1) is 7.11. The molecular formula is C10H20N4S. The van der Waals surface area contributed by atoms with E-state index in [2.05, 4.69) is 42.8 Å². The van der Waals surface area contributed by atoms with Gasteiger partial charge in [-0.1, -0.05) is 6.92 Å². The molecule has 1 N–H and O–H groups in total. The lowest BCUT2D eigenvalue weighted by Crippen LogP contribution is -2.33. The molecule has 0 atom stereocenters. The van der Waals surface area contributed by atoms with Crippen molar-refractivity contribution >= 4 is 18.2 Å². The molecule has 0 amide bonds. The van der Waals surface area contributed by atoms with E-state index in [1.807, 2.05) is 4.57 Å². The molecule has 1 aromatic heterocycles. The van der Waals surface area contributed by atoms with Crippen LogP contribution in [0.1, 0.15) is 34.1 Å². The maximum Gasteiger partial charge on any atom is 0.225 e. The number of nitrogens with zero attached hydrogens (tertiary/aromatic N) is 3. The molecule has 0 aliphatic carbocycles. The molecule has 1 aromatic rings. The Hall–Kier alpha value is -0.840. The number of aromatic amines is 1. The Balaban J connectivity index is 3.05. The Bertz CT molecular complexity index is 353. The molecule has 15 heavy (non-hydrogen) atoms. The van der Waals surface area contributed by atoms with Crippen molar-refractivity contribution in [2.75, 3.05) is 11.4 Å². The first-order valence-electron chi connectivity index (χ1n) is 5.53. The lowest BCUT2D eigenvalue weighted by atomic mass is 10.3. The average Bonchev–Trinajstić information content (AvgIpc) is 2.55. The van der Waals surface area contributed by atoms with Crippen molar-refractivity contribution in [2.45, 2.75) is 46.7 Å². The van der Waals surface area contributed by atoms with E-state index >= 15 is 0 Å². The third-order valence-corrected chi connectivity index (χ3v) is 2.71. The van der Waals surface area contributed by atoms with E-state index in [-0.39, 0.29) is 0 Å². The van der Waals surface area contributed by atoms with Gasteiger partial charge < -0.3 is 4.90 Å². The highest BCUT2D eigenvalue weighted by Gasteiger charge is 2.15. The molecule has 0 unspecified atom stereocenters. The van der Waals surface area contributed by atoms with Gasteiger partial charge in [-0.25, -0.2) is 5.10 Å². The molecular weight excluding hydrogens is 208 g/mol. The zero-order valence-corrected chi connectivity index (χ0v) is 10.8. The van der Waals surface area contributed by atoms with Crippen LogP contribution < -0.4 is 4.90 Å². The second kappa shape index (κ2) is 5.30. The van der Waals surface area contributed by atoms with E-state index < -0.39 is 0 Å². The van der Waals surface area contributed by atoms with E-state index in [1.54, 1.807) is 0 Å². The Morgan fingerprint density at radius 1 is 1.47 bits per heavy atom. The second-order valence-electron chi connectivity index (χ2n) is 3.86. The standard InChI is InChI=1S/C10H20N4S/c1-5-7-14(8(3)4)9-11-12-10(15)13(9)6-2/h8H,5-7H2,1-4H3,(H,12,15). The summed E-state index contributed by atoms with van der Waals surface area (Å²) in [6.07, 6.45) is 1.11. The second-order valence-corrected chi connectivity index (χ2v) is 4.25. The van der Waals surface area contributed by atoms with Gasteiger partial charge in [0.15, 0.2) is 4.77 Å². The summed E-state index contributed by atoms with van der Waals surface area (Å²) in [7, 11) is 0. The number of aromatic nitrogens is 3. The summed E-state index contributed by atoms with van der Waals surface area (Å²) in [6.45, 7) is 10.5. The van der Waals surface area contributed by atoms with Crippen LogP contribution in [0.4, 0.5) is 5.95 Å². The van der Waals surface area contributed by atoms with Crippen molar-refractivity contribution in [1.29, 1.82) is 0 Å². The molecule has 0 saturated heterocycles. The molecule has 0 aliphatic rings. The SMILES string of the molecule is CCCN(c1n[nH]c(=S)n1CC)C(C)C. The highest BCUT2D eigenvalue weighted by molar-refractivity contribution is 7.71. The molecule has 0 fully saturated rings. The summed E-state index contributed by atoms with van der Waals surface area (Å²) in [5, 5.41) is 7.15. The van der Waals surface area contributed by atoms with Gasteiger partial charge in [-0.3, -0.25) is 4.57 Å². The molecule has 1 heterocycles. The van der Waals surface area contributed by atoms with E-state index in [0.29, 0.717) is 10.8 Å². The summed E-state index contributed by atoms with van der Waals surface area (Å²) in [5.41, 5.74) is 0. The van der Waals surface area contributed by atoms with E-state index in [9.17, 15) is 0 Å². The molecule has 86 valence electrons. The molecule has 5 heteroatoms. The first-order valence-corrected chi connectivity index (χ1v) is 5.94. The monoisotopic (exact) mass is 228 g/mol. The highest BCUT2D eigenvalue weighted by atomic mass is 32.1. The quantitative estimate of drug-likeness (QED) is 0.787. The summed E-state index contributed by atoms with van der Waals surface area (Å²) in [5.74, 6) is 0.958. The number of hydrogen-bond acceptors (Lipinski definition) is 3. The van der Waals surface area contributed by atoms with Crippen LogP contribution in [0.5, 0.6) is 0 Å². The minimum absolute atomic E-state index is 0.445. The smallest absolute Gasteiger partial charge is 0.225 e. The van der Waals surface area contributed by atoms with Crippen molar-refractivity contribution in [3.8, 4) is 0 Å². The maximum absolute atomic E-state index is 5.18. The summed E-state index contributed by atoms with van der Waals surface area (Å²) < 4.78 is 2.74. The van der Waals surface area contributed by atoms with Crippen LogP contribution in [-0.2, 0) is 6.54 Å². The molecule has 4 nitrogen and oxygen atoms in total. The third-order valence-electron chi connectivity index (χ3n) is 2.40. The van der Waals surface area contributed by atoms with Gasteiger partial charge in [-0.15, -0.1) is 5.10 Å². The fraction of sp³-hybridized carbons (Fsp3) is 0.800. The van der Waals surface area contributed by atoms with Crippen LogP contribution >= 0.6 is 12.2 Å². The van der Waals surface area contributed by atoms with Gasteiger partial charge in [0, 0.05) is 19.1 Å². The highest BCUT2D eigenvalue weighted by Crippen LogP contribution is 2.14. The van der Waals surface area contributed by atoms with Gasteiger partial charge in [0.2, 0.25) is 5.95 Å². The fourth-order valence-corrected chi connectivity index (χ4v) is 1.90. The molecule has 0 spiro atoms. The zero-order valence-electron chi connectivity index (χ0n) is 9.95. The number of nitrogens with one attached hydrogen (secondary N) is 1. The predicted octanol–water partition coefficient (Wildman–Crippen LogP) is 2.59. The van der Waals surface area contributed by atoms with Crippen molar-refractivity contribution in [3.05, 3.63) is 4.77 Å². The summed E-state index contributed by atoms with van der Waals surface area (Å²) >= 11 is 5.18. The Morgan fingerprint density at radius 3 is 2.60 bits per heavy atom. The van der Waals surface area contributed by atoms with E-state index in [0.717, 1.165) is 25.5 Å². The van der Waals surface area contributed by atoms with Gasteiger partial charge in [0.05, 0.1) is 0 Å². The average molecular weight is 228 g/mol. The Labute approximate surface area is 96.3 Å². The molecule has 0 saturated carbocycles. The van der Waals surface area contributed by atoms with Gasteiger partial charge >= 0.3 is 0 Å². The van der Waals surface area contributed by atoms with Crippen LogP contribution in [0.3, 0.4) is 0 Å². The lowest BCUT2D eigenvalue weighted by Gasteiger charge is -2.27. The van der Waals surface area contributed by atoms with Crippen molar-refractivity contribution in [1.82, 2.24) is 14.8 Å². The van der Waals surface area contributed by atoms with E-state index in [4.69, 9.17) is 12.2 Å². The summed E-state index contributed by atoms with van der Waals surface area (Å²) in [4.78, 5) is 2.27. The van der Waals surface area contributed by atoms with Crippen molar-refractivity contribution in [3.63, 3.8) is 0 Å². The number of hydrogen-bond donors (Lipinski definition) is 1. The van der Waals surface area contributed by atoms with Crippen LogP contribution in [0.25, 0.3) is 0 Å². The lowest BCUT2D eigenvalue weighted by molar-refractivity contribution is 0.619. The van der Waals surface area contributed by atoms with Crippen LogP contribution in [0, 0.1) is 4.77 Å². The number of anilines is 1. The molecule has 0 aromatic carbocycles. The number of H-pyrrole nitrogens is 1. The third kappa shape index (κ3) is 2.59. The van der Waals surface area contributed by atoms with Crippen LogP contribution in [0.2, 0.25) is 0 Å². The maximum atomic E-state index is 5.18. The molecule has 0 bridgehead atoms. The Morgan fingerprint density at radius 2 is 2.13 bits per heavy atom. The van der Waals surface area contributed by atoms with Crippen LogP contribution in [0.15, 0.2) is 0 Å². The minimum atomic E-state index is 0.445. The minimum Gasteiger partial charge on any atom is -0.339 e. The van der Waals surface area contributed by atoms with Gasteiger partial charge in [-0.2, -0.15) is 0 Å². The molecule has 0 aliphatic heterocycles. The van der Waals surface area contributed by atoms with Gasteiger partial charge in [0.25, 0.3) is 0 Å². The fourth-order valence-electron chi connectivity index (χ4n) is 1.64. The topological polar surface area (TPSA) is 36.9 Å². The van der Waals surface area contributed by atoms with Crippen molar-refractivity contribution < 1.29 is 0 Å². The Kier molecular flexibility index (Phi) is 4.32. The van der Waals surface area contributed by atoms with E-state index in [1.165, 1.54) is 0 Å². The predicted molar refractivity (Wildman–Crippen MR) is 65.9 cm³/mol. The zero-order chi connectivity index (χ0) is 11.4. The number of rotatable bonds is 5. The molecule has 1 rings (SSSR count). The van der Waals surface area contributed by atoms with Crippen LogP contribution in [-0.4, -0.2) is 27.4 Å². The van der Waals surface area contributed by atoms with Gasteiger partial charge in [-0.05, 0) is 39.4 Å². The van der Waals surface area contributed by atoms with Crippen molar-refractivity contribution in [2.24, 2.45) is 0 Å². The summed E-state index contributed by atoms with van der Waals surface area (Å²) in [6, 6.07) is 0.445.